The van der Waals surface area contributed by atoms with E-state index in [0.29, 0.717) is 16.9 Å². The van der Waals surface area contributed by atoms with E-state index in [-0.39, 0.29) is 11.6 Å². The number of aliphatic hydroxyl groups excluding tert-OH is 1. The molecule has 1 atom stereocenters. The number of benzene rings is 2. The van der Waals surface area contributed by atoms with E-state index in [0.717, 1.165) is 0 Å². The zero-order chi connectivity index (χ0) is 16.1. The molecule has 116 valence electrons. The Bertz CT molecular complexity index is 678. The molecule has 0 saturated heterocycles. The Balaban J connectivity index is 2.00. The lowest BCUT2D eigenvalue weighted by molar-refractivity contribution is -0.129. The highest BCUT2D eigenvalue weighted by Crippen LogP contribution is 2.20. The molecule has 0 saturated carbocycles. The monoisotopic (exact) mass is 323 g/mol. The van der Waals surface area contributed by atoms with E-state index in [4.69, 9.17) is 16.3 Å². The summed E-state index contributed by atoms with van der Waals surface area (Å²) in [5.74, 6) is -0.531. The van der Waals surface area contributed by atoms with Gasteiger partial charge in [0.2, 0.25) is 0 Å². The SMILES string of the molecule is COc1cccc(C(O)C(=O)NCc2ccc(F)c(Cl)c2)c1. The summed E-state index contributed by atoms with van der Waals surface area (Å²) in [6.07, 6.45) is -1.31. The van der Waals surface area contributed by atoms with Gasteiger partial charge in [-0.2, -0.15) is 0 Å². The number of rotatable bonds is 5. The molecule has 0 bridgehead atoms. The molecule has 2 aromatic carbocycles. The number of hydrogen-bond donors (Lipinski definition) is 2. The van der Waals surface area contributed by atoms with Gasteiger partial charge in [-0.05, 0) is 35.4 Å². The molecule has 4 nitrogen and oxygen atoms in total. The first-order valence-corrected chi connectivity index (χ1v) is 6.92. The summed E-state index contributed by atoms with van der Waals surface area (Å²) in [6.45, 7) is 0.139. The van der Waals surface area contributed by atoms with Crippen LogP contribution in [0.5, 0.6) is 5.75 Å². The van der Waals surface area contributed by atoms with Gasteiger partial charge in [0.25, 0.3) is 5.91 Å². The predicted octanol–water partition coefficient (Wildman–Crippen LogP) is 2.84. The fourth-order valence-corrected chi connectivity index (χ4v) is 2.10. The van der Waals surface area contributed by atoms with Gasteiger partial charge in [-0.25, -0.2) is 4.39 Å². The van der Waals surface area contributed by atoms with Crippen LogP contribution in [0.3, 0.4) is 0 Å². The van der Waals surface area contributed by atoms with Crippen LogP contribution < -0.4 is 10.1 Å². The average molecular weight is 324 g/mol. The predicted molar refractivity (Wildman–Crippen MR) is 81.2 cm³/mol. The zero-order valence-corrected chi connectivity index (χ0v) is 12.6. The maximum absolute atomic E-state index is 13.0. The number of nitrogens with one attached hydrogen (secondary N) is 1. The van der Waals surface area contributed by atoms with Crippen LogP contribution in [0.15, 0.2) is 42.5 Å². The molecule has 0 spiro atoms. The van der Waals surface area contributed by atoms with E-state index in [1.54, 1.807) is 24.3 Å². The minimum absolute atomic E-state index is 0.0138. The molecule has 2 aromatic rings. The van der Waals surface area contributed by atoms with Crippen molar-refractivity contribution in [2.24, 2.45) is 0 Å². The van der Waals surface area contributed by atoms with E-state index >= 15 is 0 Å². The van der Waals surface area contributed by atoms with Gasteiger partial charge < -0.3 is 15.2 Å². The topological polar surface area (TPSA) is 58.6 Å². The maximum Gasteiger partial charge on any atom is 0.253 e. The van der Waals surface area contributed by atoms with E-state index in [9.17, 15) is 14.3 Å². The van der Waals surface area contributed by atoms with Crippen LogP contribution in [0.4, 0.5) is 4.39 Å². The van der Waals surface area contributed by atoms with Crippen LogP contribution >= 0.6 is 11.6 Å². The normalized spacial score (nSPS) is 11.8. The Kier molecular flexibility index (Phi) is 5.35. The molecule has 0 aromatic heterocycles. The van der Waals surface area contributed by atoms with Gasteiger partial charge in [-0.3, -0.25) is 4.79 Å². The van der Waals surface area contributed by atoms with Crippen LogP contribution in [0, 0.1) is 5.82 Å². The lowest BCUT2D eigenvalue weighted by Crippen LogP contribution is -2.28. The number of ether oxygens (including phenoxy) is 1. The largest absolute Gasteiger partial charge is 0.497 e. The first kappa shape index (κ1) is 16.3. The first-order valence-electron chi connectivity index (χ1n) is 6.55. The fourth-order valence-electron chi connectivity index (χ4n) is 1.90. The smallest absolute Gasteiger partial charge is 0.253 e. The molecule has 0 fully saturated rings. The second kappa shape index (κ2) is 7.24. The Morgan fingerprint density at radius 3 is 2.82 bits per heavy atom. The Labute approximate surface area is 132 Å². The van der Waals surface area contributed by atoms with Crippen molar-refractivity contribution in [2.75, 3.05) is 7.11 Å². The lowest BCUT2D eigenvalue weighted by atomic mass is 10.1. The van der Waals surface area contributed by atoms with Crippen molar-refractivity contribution in [3.8, 4) is 5.75 Å². The number of hydrogen-bond acceptors (Lipinski definition) is 3. The number of methoxy groups -OCH3 is 1. The molecule has 1 unspecified atom stereocenters. The van der Waals surface area contributed by atoms with Gasteiger partial charge in [-0.15, -0.1) is 0 Å². The van der Waals surface area contributed by atoms with Crippen molar-refractivity contribution in [1.82, 2.24) is 5.32 Å². The molecule has 1 amide bonds. The molecule has 0 radical (unpaired) electrons. The minimum atomic E-state index is -1.31. The highest BCUT2D eigenvalue weighted by atomic mass is 35.5. The highest BCUT2D eigenvalue weighted by molar-refractivity contribution is 6.30. The second-order valence-corrected chi connectivity index (χ2v) is 5.05. The Morgan fingerprint density at radius 1 is 1.36 bits per heavy atom. The van der Waals surface area contributed by atoms with Crippen molar-refractivity contribution in [1.29, 1.82) is 0 Å². The van der Waals surface area contributed by atoms with Crippen molar-refractivity contribution in [3.63, 3.8) is 0 Å². The van der Waals surface area contributed by atoms with Crippen molar-refractivity contribution < 1.29 is 19.0 Å². The summed E-state index contributed by atoms with van der Waals surface area (Å²) in [5.41, 5.74) is 1.06. The van der Waals surface area contributed by atoms with Crippen LogP contribution in [0.1, 0.15) is 17.2 Å². The number of carbonyl (C=O) groups excluding carboxylic acids is 1. The first-order chi connectivity index (χ1) is 10.5. The van der Waals surface area contributed by atoms with Gasteiger partial charge in [0.15, 0.2) is 6.10 Å². The molecular weight excluding hydrogens is 309 g/mol. The second-order valence-electron chi connectivity index (χ2n) is 4.65. The molecule has 0 aliphatic rings. The summed E-state index contributed by atoms with van der Waals surface area (Å²) < 4.78 is 18.1. The molecule has 0 aliphatic heterocycles. The lowest BCUT2D eigenvalue weighted by Gasteiger charge is -2.13. The van der Waals surface area contributed by atoms with Gasteiger partial charge in [-0.1, -0.05) is 29.8 Å². The molecule has 0 heterocycles. The highest BCUT2D eigenvalue weighted by Gasteiger charge is 2.17. The Hall–Kier alpha value is -2.11. The van der Waals surface area contributed by atoms with Crippen LogP contribution in [0.25, 0.3) is 0 Å². The van der Waals surface area contributed by atoms with E-state index in [1.165, 1.54) is 25.3 Å². The Morgan fingerprint density at radius 2 is 2.14 bits per heavy atom. The van der Waals surface area contributed by atoms with Crippen molar-refractivity contribution in [3.05, 3.63) is 64.4 Å². The van der Waals surface area contributed by atoms with E-state index in [1.807, 2.05) is 0 Å². The molecule has 22 heavy (non-hydrogen) atoms. The third-order valence-corrected chi connectivity index (χ3v) is 3.40. The summed E-state index contributed by atoms with van der Waals surface area (Å²) in [6, 6.07) is 10.8. The standard InChI is InChI=1S/C16H15ClFNO3/c1-22-12-4-2-3-11(8-12)15(20)16(21)19-9-10-5-6-14(18)13(17)7-10/h2-8,15,20H,9H2,1H3,(H,19,21). The maximum atomic E-state index is 13.0. The van der Waals surface area contributed by atoms with Crippen molar-refractivity contribution >= 4 is 17.5 Å². The average Bonchev–Trinajstić information content (AvgIpc) is 2.55. The van der Waals surface area contributed by atoms with Gasteiger partial charge in [0.1, 0.15) is 11.6 Å². The summed E-state index contributed by atoms with van der Waals surface area (Å²) in [7, 11) is 1.50. The summed E-state index contributed by atoms with van der Waals surface area (Å²) in [4.78, 5) is 12.0. The van der Waals surface area contributed by atoms with Gasteiger partial charge in [0, 0.05) is 6.54 Å². The summed E-state index contributed by atoms with van der Waals surface area (Å²) >= 11 is 5.67. The fraction of sp³-hybridized carbons (Fsp3) is 0.188. The number of aliphatic hydroxyl groups is 1. The quantitative estimate of drug-likeness (QED) is 0.889. The van der Waals surface area contributed by atoms with Crippen LogP contribution in [-0.2, 0) is 11.3 Å². The third-order valence-electron chi connectivity index (χ3n) is 3.11. The summed E-state index contributed by atoms with van der Waals surface area (Å²) in [5, 5.41) is 12.6. The molecule has 0 aliphatic carbocycles. The third kappa shape index (κ3) is 3.96. The number of carbonyl (C=O) groups is 1. The zero-order valence-electron chi connectivity index (χ0n) is 11.8. The van der Waals surface area contributed by atoms with Crippen LogP contribution in [0.2, 0.25) is 5.02 Å². The minimum Gasteiger partial charge on any atom is -0.497 e. The number of amides is 1. The molecule has 2 N–H and O–H groups in total. The van der Waals surface area contributed by atoms with Gasteiger partial charge >= 0.3 is 0 Å². The van der Waals surface area contributed by atoms with Crippen molar-refractivity contribution in [2.45, 2.75) is 12.6 Å². The van der Waals surface area contributed by atoms with Gasteiger partial charge in [0.05, 0.1) is 12.1 Å². The molecule has 2 rings (SSSR count). The molecular formula is C16H15ClFNO3. The molecule has 6 heteroatoms. The number of halogens is 2. The van der Waals surface area contributed by atoms with E-state index < -0.39 is 17.8 Å². The van der Waals surface area contributed by atoms with Crippen LogP contribution in [-0.4, -0.2) is 18.1 Å². The van der Waals surface area contributed by atoms with E-state index in [2.05, 4.69) is 5.32 Å².